The average Bonchev–Trinajstić information content (AvgIpc) is 3.18. The predicted octanol–water partition coefficient (Wildman–Crippen LogP) is 3.12. The Hall–Kier alpha value is -1.16. The Morgan fingerprint density at radius 2 is 2.04 bits per heavy atom. The zero-order valence-electron chi connectivity index (χ0n) is 13.8. The summed E-state index contributed by atoms with van der Waals surface area (Å²) in [6.07, 6.45) is -0.728. The molecule has 1 N–H and O–H groups in total. The van der Waals surface area contributed by atoms with Crippen LogP contribution in [0, 0.1) is 0 Å². The van der Waals surface area contributed by atoms with Gasteiger partial charge >= 0.3 is 5.97 Å². The van der Waals surface area contributed by atoms with E-state index in [1.165, 1.54) is 26.3 Å². The molecule has 26 heavy (non-hydrogen) atoms. The van der Waals surface area contributed by atoms with Gasteiger partial charge in [0.2, 0.25) is 0 Å². The van der Waals surface area contributed by atoms with Crippen LogP contribution in [-0.2, 0) is 21.2 Å². The average molecular weight is 436 g/mol. The summed E-state index contributed by atoms with van der Waals surface area (Å²) in [6, 6.07) is 5.09. The Morgan fingerprint density at radius 1 is 1.35 bits per heavy atom. The van der Waals surface area contributed by atoms with Crippen molar-refractivity contribution in [1.82, 2.24) is 4.31 Å². The summed E-state index contributed by atoms with van der Waals surface area (Å²) in [6.45, 7) is 0. The number of rotatable bonds is 4. The van der Waals surface area contributed by atoms with E-state index in [4.69, 9.17) is 23.2 Å². The van der Waals surface area contributed by atoms with E-state index in [0.717, 1.165) is 15.6 Å². The number of carbonyl (C=O) groups is 1. The minimum absolute atomic E-state index is 0.0193. The van der Waals surface area contributed by atoms with E-state index in [1.807, 2.05) is 0 Å². The molecule has 1 aromatic carbocycles. The van der Waals surface area contributed by atoms with Gasteiger partial charge in [-0.05, 0) is 35.4 Å². The lowest BCUT2D eigenvalue weighted by atomic mass is 10.1. The molecular weight excluding hydrogens is 421 g/mol. The molecule has 0 spiro atoms. The Kier molecular flexibility index (Phi) is 5.35. The molecule has 1 heterocycles. The van der Waals surface area contributed by atoms with Crippen LogP contribution in [0.25, 0.3) is 0 Å². The Bertz CT molecular complexity index is 973. The van der Waals surface area contributed by atoms with Gasteiger partial charge in [-0.25, -0.2) is 13.2 Å². The number of thiophene rings is 1. The van der Waals surface area contributed by atoms with Gasteiger partial charge in [0.25, 0.3) is 10.0 Å². The summed E-state index contributed by atoms with van der Waals surface area (Å²) >= 11 is 13.0. The van der Waals surface area contributed by atoms with E-state index in [9.17, 15) is 18.3 Å². The number of aliphatic hydroxyl groups is 1. The van der Waals surface area contributed by atoms with Gasteiger partial charge in [-0.3, -0.25) is 0 Å². The van der Waals surface area contributed by atoms with E-state index in [2.05, 4.69) is 4.74 Å². The van der Waals surface area contributed by atoms with E-state index >= 15 is 0 Å². The zero-order chi connectivity index (χ0) is 19.2. The Balaban J connectivity index is 2.00. The molecular formula is C16H15Cl2NO5S2. The van der Waals surface area contributed by atoms with Crippen molar-refractivity contribution in [3.05, 3.63) is 50.3 Å². The first-order valence-corrected chi connectivity index (χ1v) is 10.5. The number of hydrogen-bond acceptors (Lipinski definition) is 6. The Labute approximate surface area is 165 Å². The molecule has 0 aliphatic heterocycles. The standard InChI is InChI=1S/C16H15Cl2NO5S2/c1-19(26(22,23)14-4-3-13(25-14)16(21)24-2)15-10-5-8(17)6-11(18)9(10)7-12(15)20/h3-6,12,15,20H,7H2,1-2H3/t12-,15-/m0/s1. The molecule has 140 valence electrons. The molecule has 0 amide bonds. The number of aliphatic hydroxyl groups excluding tert-OH is 1. The molecule has 1 aliphatic rings. The van der Waals surface area contributed by atoms with E-state index in [-0.39, 0.29) is 15.5 Å². The first-order valence-electron chi connectivity index (χ1n) is 7.49. The molecule has 1 aromatic heterocycles. The second-order valence-corrected chi connectivity index (χ2v) is 9.95. The molecule has 0 bridgehead atoms. The molecule has 10 heteroatoms. The number of likely N-dealkylation sites (N-methyl/N-ethyl adjacent to an activating group) is 1. The third-order valence-corrected chi connectivity index (χ3v) is 8.21. The lowest BCUT2D eigenvalue weighted by Crippen LogP contribution is -2.35. The fourth-order valence-corrected chi connectivity index (χ4v) is 6.39. The summed E-state index contributed by atoms with van der Waals surface area (Å²) in [5, 5.41) is 11.2. The molecule has 0 radical (unpaired) electrons. The van der Waals surface area contributed by atoms with Crippen molar-refractivity contribution in [2.45, 2.75) is 22.8 Å². The van der Waals surface area contributed by atoms with Crippen LogP contribution in [0.5, 0.6) is 0 Å². The van der Waals surface area contributed by atoms with Crippen molar-refractivity contribution in [3.8, 4) is 0 Å². The van der Waals surface area contributed by atoms with Crippen molar-refractivity contribution in [3.63, 3.8) is 0 Å². The number of carbonyl (C=O) groups excluding carboxylic acids is 1. The number of fused-ring (bicyclic) bond motifs is 1. The third-order valence-electron chi connectivity index (χ3n) is 4.28. The number of methoxy groups -OCH3 is 1. The minimum Gasteiger partial charge on any atom is -0.465 e. The number of ether oxygens (including phenoxy) is 1. The lowest BCUT2D eigenvalue weighted by Gasteiger charge is -2.26. The highest BCUT2D eigenvalue weighted by atomic mass is 35.5. The second-order valence-electron chi connectivity index (χ2n) is 5.80. The molecule has 0 saturated heterocycles. The van der Waals surface area contributed by atoms with Gasteiger partial charge in [0, 0.05) is 23.5 Å². The number of nitrogens with zero attached hydrogens (tertiary/aromatic N) is 1. The summed E-state index contributed by atoms with van der Waals surface area (Å²) in [4.78, 5) is 11.8. The van der Waals surface area contributed by atoms with Crippen LogP contribution >= 0.6 is 34.5 Å². The topological polar surface area (TPSA) is 83.9 Å². The van der Waals surface area contributed by atoms with Gasteiger partial charge in [0.15, 0.2) is 0 Å². The molecule has 1 aliphatic carbocycles. The maximum atomic E-state index is 13.0. The second kappa shape index (κ2) is 7.10. The number of sulfonamides is 1. The normalized spacial score (nSPS) is 19.6. The van der Waals surface area contributed by atoms with Crippen molar-refractivity contribution in [1.29, 1.82) is 0 Å². The van der Waals surface area contributed by atoms with Crippen LogP contribution in [-0.4, -0.2) is 44.1 Å². The first kappa shape index (κ1) is 19.6. The number of benzene rings is 1. The molecule has 0 unspecified atom stereocenters. The zero-order valence-corrected chi connectivity index (χ0v) is 16.9. The van der Waals surface area contributed by atoms with E-state index in [1.54, 1.807) is 12.1 Å². The van der Waals surface area contributed by atoms with Gasteiger partial charge in [-0.1, -0.05) is 23.2 Å². The maximum Gasteiger partial charge on any atom is 0.348 e. The fraction of sp³-hybridized carbons (Fsp3) is 0.312. The molecule has 3 rings (SSSR count). The number of esters is 1. The molecule has 0 fully saturated rings. The van der Waals surface area contributed by atoms with E-state index in [0.29, 0.717) is 21.2 Å². The SMILES string of the molecule is COC(=O)c1ccc(S(=O)(=O)N(C)[C@H]2c3cc(Cl)cc(Cl)c3C[C@@H]2O)s1. The largest absolute Gasteiger partial charge is 0.465 e. The van der Waals surface area contributed by atoms with Crippen LogP contribution in [0.3, 0.4) is 0 Å². The highest BCUT2D eigenvalue weighted by molar-refractivity contribution is 7.91. The molecule has 2 atom stereocenters. The third kappa shape index (κ3) is 3.26. The minimum atomic E-state index is -3.95. The monoisotopic (exact) mass is 435 g/mol. The van der Waals surface area contributed by atoms with Gasteiger partial charge in [0.1, 0.15) is 9.09 Å². The van der Waals surface area contributed by atoms with E-state index < -0.39 is 28.1 Å². The smallest absolute Gasteiger partial charge is 0.348 e. The first-order chi connectivity index (χ1) is 12.2. The van der Waals surface area contributed by atoms with Crippen LogP contribution in [0.15, 0.2) is 28.5 Å². The summed E-state index contributed by atoms with van der Waals surface area (Å²) in [5.74, 6) is -0.607. The quantitative estimate of drug-likeness (QED) is 0.745. The Morgan fingerprint density at radius 3 is 2.69 bits per heavy atom. The van der Waals surface area contributed by atoms with Crippen LogP contribution in [0.4, 0.5) is 0 Å². The van der Waals surface area contributed by atoms with Crippen molar-refractivity contribution >= 4 is 50.5 Å². The van der Waals surface area contributed by atoms with Crippen LogP contribution < -0.4 is 0 Å². The maximum absolute atomic E-state index is 13.0. The number of halogens is 2. The van der Waals surface area contributed by atoms with Crippen molar-refractivity contribution in [2.75, 3.05) is 14.2 Å². The summed E-state index contributed by atoms with van der Waals surface area (Å²) in [5.41, 5.74) is 1.25. The van der Waals surface area contributed by atoms with Gasteiger partial charge in [-0.15, -0.1) is 11.3 Å². The molecule has 0 saturated carbocycles. The predicted molar refractivity (Wildman–Crippen MR) is 99.5 cm³/mol. The highest BCUT2D eigenvalue weighted by Crippen LogP contribution is 2.43. The van der Waals surface area contributed by atoms with Crippen LogP contribution in [0.1, 0.15) is 26.8 Å². The summed E-state index contributed by atoms with van der Waals surface area (Å²) in [7, 11) is -1.34. The van der Waals surface area contributed by atoms with Gasteiger partial charge in [0.05, 0.1) is 19.3 Å². The van der Waals surface area contributed by atoms with Gasteiger partial charge < -0.3 is 9.84 Å². The number of hydrogen-bond donors (Lipinski definition) is 1. The fourth-order valence-electron chi connectivity index (χ4n) is 3.03. The highest BCUT2D eigenvalue weighted by Gasteiger charge is 2.41. The molecule has 6 nitrogen and oxygen atoms in total. The molecule has 2 aromatic rings. The lowest BCUT2D eigenvalue weighted by molar-refractivity contribution is 0.0606. The van der Waals surface area contributed by atoms with Gasteiger partial charge in [-0.2, -0.15) is 4.31 Å². The van der Waals surface area contributed by atoms with Crippen molar-refractivity contribution in [2.24, 2.45) is 0 Å². The summed E-state index contributed by atoms with van der Waals surface area (Å²) < 4.78 is 31.6. The van der Waals surface area contributed by atoms with Crippen LogP contribution in [0.2, 0.25) is 10.0 Å². The van der Waals surface area contributed by atoms with Crippen molar-refractivity contribution < 1.29 is 23.1 Å².